The lowest BCUT2D eigenvalue weighted by Gasteiger charge is -2.15. The summed E-state index contributed by atoms with van der Waals surface area (Å²) in [6.07, 6.45) is 3.02. The van der Waals surface area contributed by atoms with Gasteiger partial charge in [-0.3, -0.25) is 4.68 Å². The Morgan fingerprint density at radius 2 is 2.27 bits per heavy atom. The summed E-state index contributed by atoms with van der Waals surface area (Å²) in [5.41, 5.74) is 5.95. The van der Waals surface area contributed by atoms with E-state index >= 15 is 0 Å². The molecule has 0 aliphatic heterocycles. The molecule has 4 N–H and O–H groups in total. The van der Waals surface area contributed by atoms with E-state index in [-0.39, 0.29) is 0 Å². The first-order valence-electron chi connectivity index (χ1n) is 5.27. The third-order valence-corrected chi connectivity index (χ3v) is 2.27. The van der Waals surface area contributed by atoms with Crippen molar-refractivity contribution in [2.45, 2.75) is 38.5 Å². The van der Waals surface area contributed by atoms with Crippen LogP contribution in [0, 0.1) is 0 Å². The number of hydrogen-bond donors (Lipinski definition) is 3. The Hall–Kier alpha value is -0.910. The van der Waals surface area contributed by atoms with Gasteiger partial charge in [0.25, 0.3) is 0 Å². The molecule has 1 heterocycles. The van der Waals surface area contributed by atoms with Crippen molar-refractivity contribution < 1.29 is 10.2 Å². The Bertz CT molecular complexity index is 288. The highest BCUT2D eigenvalue weighted by atomic mass is 16.3. The number of aromatic nitrogens is 2. The number of rotatable bonds is 6. The van der Waals surface area contributed by atoms with Crippen LogP contribution in [0.3, 0.4) is 0 Å². The van der Waals surface area contributed by atoms with Crippen molar-refractivity contribution in [2.75, 3.05) is 6.54 Å². The molecule has 5 heteroatoms. The fraction of sp³-hybridized carbons (Fsp3) is 0.700. The Morgan fingerprint density at radius 3 is 2.87 bits per heavy atom. The maximum atomic E-state index is 9.74. The number of aliphatic hydroxyl groups is 2. The molecule has 0 amide bonds. The molecule has 1 aromatic heterocycles. The van der Waals surface area contributed by atoms with Crippen LogP contribution in [0.2, 0.25) is 0 Å². The highest BCUT2D eigenvalue weighted by Crippen LogP contribution is 2.17. The van der Waals surface area contributed by atoms with E-state index in [0.717, 1.165) is 13.0 Å². The molecular formula is C10H19N3O2. The lowest BCUT2D eigenvalue weighted by atomic mass is 10.1. The molecule has 2 unspecified atom stereocenters. The predicted molar refractivity (Wildman–Crippen MR) is 57.2 cm³/mol. The first-order valence-corrected chi connectivity index (χ1v) is 5.27. The zero-order chi connectivity index (χ0) is 11.3. The van der Waals surface area contributed by atoms with E-state index in [2.05, 4.69) is 12.0 Å². The van der Waals surface area contributed by atoms with Crippen LogP contribution in [-0.4, -0.2) is 32.6 Å². The number of hydrogen-bond acceptors (Lipinski definition) is 4. The molecule has 0 bridgehead atoms. The highest BCUT2D eigenvalue weighted by molar-refractivity contribution is 5.09. The summed E-state index contributed by atoms with van der Waals surface area (Å²) in [5.74, 6) is 0. The second-order valence-corrected chi connectivity index (χ2v) is 3.63. The summed E-state index contributed by atoms with van der Waals surface area (Å²) in [6, 6.07) is 0. The van der Waals surface area contributed by atoms with Crippen molar-refractivity contribution in [2.24, 2.45) is 5.73 Å². The number of aliphatic hydroxyl groups excluding tert-OH is 2. The van der Waals surface area contributed by atoms with Crippen LogP contribution in [0.4, 0.5) is 0 Å². The SMILES string of the molecule is CCCn1cc(C(O)C(O)CCN)cn1. The molecular weight excluding hydrogens is 194 g/mol. The van der Waals surface area contributed by atoms with E-state index in [1.807, 2.05) is 0 Å². The Balaban J connectivity index is 2.60. The van der Waals surface area contributed by atoms with Crippen molar-refractivity contribution in [1.82, 2.24) is 9.78 Å². The van der Waals surface area contributed by atoms with Gasteiger partial charge in [-0.15, -0.1) is 0 Å². The zero-order valence-corrected chi connectivity index (χ0v) is 9.00. The summed E-state index contributed by atoms with van der Waals surface area (Å²) in [6.45, 7) is 3.24. The van der Waals surface area contributed by atoms with Gasteiger partial charge in [0, 0.05) is 18.3 Å². The average Bonchev–Trinajstić information content (AvgIpc) is 2.66. The first-order chi connectivity index (χ1) is 7.19. The van der Waals surface area contributed by atoms with Gasteiger partial charge in [-0.2, -0.15) is 5.10 Å². The summed E-state index contributed by atoms with van der Waals surface area (Å²) in [4.78, 5) is 0. The number of nitrogens with two attached hydrogens (primary N) is 1. The Kier molecular flexibility index (Phi) is 4.74. The third-order valence-electron chi connectivity index (χ3n) is 2.27. The van der Waals surface area contributed by atoms with Gasteiger partial charge in [0.2, 0.25) is 0 Å². The van der Waals surface area contributed by atoms with E-state index in [0.29, 0.717) is 18.5 Å². The summed E-state index contributed by atoms with van der Waals surface area (Å²) < 4.78 is 1.76. The number of aryl methyl sites for hydroxylation is 1. The smallest absolute Gasteiger partial charge is 0.108 e. The van der Waals surface area contributed by atoms with Gasteiger partial charge in [0.1, 0.15) is 6.10 Å². The van der Waals surface area contributed by atoms with E-state index in [9.17, 15) is 10.2 Å². The quantitative estimate of drug-likeness (QED) is 0.622. The number of nitrogens with zero attached hydrogens (tertiary/aromatic N) is 2. The van der Waals surface area contributed by atoms with Gasteiger partial charge in [-0.05, 0) is 19.4 Å². The van der Waals surface area contributed by atoms with Crippen molar-refractivity contribution >= 4 is 0 Å². The normalized spacial score (nSPS) is 15.2. The second kappa shape index (κ2) is 5.85. The molecule has 0 aliphatic rings. The summed E-state index contributed by atoms with van der Waals surface area (Å²) in [5, 5.41) is 23.4. The van der Waals surface area contributed by atoms with Crippen LogP contribution in [0.25, 0.3) is 0 Å². The topological polar surface area (TPSA) is 84.3 Å². The fourth-order valence-corrected chi connectivity index (χ4v) is 1.43. The molecule has 15 heavy (non-hydrogen) atoms. The molecule has 0 aromatic carbocycles. The van der Waals surface area contributed by atoms with Gasteiger partial charge in [-0.25, -0.2) is 0 Å². The minimum absolute atomic E-state index is 0.362. The van der Waals surface area contributed by atoms with Crippen LogP contribution >= 0.6 is 0 Å². The summed E-state index contributed by atoms with van der Waals surface area (Å²) in [7, 11) is 0. The zero-order valence-electron chi connectivity index (χ0n) is 9.00. The van der Waals surface area contributed by atoms with E-state index in [1.54, 1.807) is 17.1 Å². The van der Waals surface area contributed by atoms with E-state index in [4.69, 9.17) is 5.73 Å². The van der Waals surface area contributed by atoms with Crippen LogP contribution in [-0.2, 0) is 6.54 Å². The van der Waals surface area contributed by atoms with Gasteiger partial charge in [-0.1, -0.05) is 6.92 Å². The van der Waals surface area contributed by atoms with Crippen molar-refractivity contribution in [3.05, 3.63) is 18.0 Å². The largest absolute Gasteiger partial charge is 0.390 e. The lowest BCUT2D eigenvalue weighted by molar-refractivity contribution is 0.0150. The lowest BCUT2D eigenvalue weighted by Crippen LogP contribution is -2.21. The average molecular weight is 213 g/mol. The van der Waals surface area contributed by atoms with Crippen LogP contribution < -0.4 is 5.73 Å². The molecule has 0 aliphatic carbocycles. The van der Waals surface area contributed by atoms with Crippen LogP contribution in [0.15, 0.2) is 12.4 Å². The van der Waals surface area contributed by atoms with Gasteiger partial charge in [0.15, 0.2) is 0 Å². The van der Waals surface area contributed by atoms with Gasteiger partial charge >= 0.3 is 0 Å². The minimum Gasteiger partial charge on any atom is -0.390 e. The van der Waals surface area contributed by atoms with Crippen LogP contribution in [0.5, 0.6) is 0 Å². The third kappa shape index (κ3) is 3.30. The van der Waals surface area contributed by atoms with Gasteiger partial charge < -0.3 is 15.9 Å². The maximum absolute atomic E-state index is 9.74. The monoisotopic (exact) mass is 213 g/mol. The molecule has 86 valence electrons. The van der Waals surface area contributed by atoms with Crippen LogP contribution in [0.1, 0.15) is 31.4 Å². The molecule has 0 saturated carbocycles. The van der Waals surface area contributed by atoms with Crippen molar-refractivity contribution in [1.29, 1.82) is 0 Å². The standard InChI is InChI=1S/C10H19N3O2/c1-2-5-13-7-8(6-12-13)10(15)9(14)3-4-11/h6-7,9-10,14-15H,2-5,11H2,1H3. The fourth-order valence-electron chi connectivity index (χ4n) is 1.43. The molecule has 2 atom stereocenters. The van der Waals surface area contributed by atoms with Gasteiger partial charge in [0.05, 0.1) is 12.3 Å². The molecule has 1 rings (SSSR count). The second-order valence-electron chi connectivity index (χ2n) is 3.63. The molecule has 5 nitrogen and oxygen atoms in total. The first kappa shape index (κ1) is 12.2. The van der Waals surface area contributed by atoms with Crippen molar-refractivity contribution in [3.63, 3.8) is 0 Å². The molecule has 0 radical (unpaired) electrons. The summed E-state index contributed by atoms with van der Waals surface area (Å²) >= 11 is 0. The van der Waals surface area contributed by atoms with E-state index < -0.39 is 12.2 Å². The predicted octanol–water partition coefficient (Wildman–Crippen LogP) is 0.0362. The molecule has 0 spiro atoms. The molecule has 0 saturated heterocycles. The Morgan fingerprint density at radius 1 is 1.53 bits per heavy atom. The molecule has 0 fully saturated rings. The minimum atomic E-state index is -0.890. The Labute approximate surface area is 89.5 Å². The molecule has 1 aromatic rings. The van der Waals surface area contributed by atoms with Crippen molar-refractivity contribution in [3.8, 4) is 0 Å². The van der Waals surface area contributed by atoms with E-state index in [1.165, 1.54) is 0 Å². The maximum Gasteiger partial charge on any atom is 0.108 e. The highest BCUT2D eigenvalue weighted by Gasteiger charge is 2.18.